The van der Waals surface area contributed by atoms with Crippen LogP contribution in [0.3, 0.4) is 0 Å². The maximum atomic E-state index is 2.82. The first-order chi connectivity index (χ1) is 9.65. The van der Waals surface area contributed by atoms with Crippen molar-refractivity contribution in [2.45, 2.75) is 26.2 Å². The summed E-state index contributed by atoms with van der Waals surface area (Å²) in [4.78, 5) is 0. The Morgan fingerprint density at radius 3 is 1.55 bits per heavy atom. The molecule has 0 nitrogen and oxygen atoms in total. The summed E-state index contributed by atoms with van der Waals surface area (Å²) < 4.78 is 0. The van der Waals surface area contributed by atoms with E-state index in [4.69, 9.17) is 0 Å². The van der Waals surface area contributed by atoms with Crippen LogP contribution < -0.4 is 0 Å². The molecule has 0 aromatic heterocycles. The zero-order valence-corrected chi connectivity index (χ0v) is 14.3. The fourth-order valence-corrected chi connectivity index (χ4v) is 3.51. The van der Waals surface area contributed by atoms with Gasteiger partial charge >= 0.3 is 0 Å². The molecule has 0 fully saturated rings. The number of hydrogen-bond donors (Lipinski definition) is 0. The molecule has 0 bridgehead atoms. The molecule has 102 valence electrons. The molecule has 0 spiro atoms. The van der Waals surface area contributed by atoms with E-state index in [2.05, 4.69) is 68.7 Å². The smallest absolute Gasteiger partial charge is 0.00967 e. The molecule has 0 saturated carbocycles. The molecule has 2 heteroatoms. The average molecular weight is 298 g/mol. The van der Waals surface area contributed by atoms with E-state index in [1.54, 1.807) is 0 Å². The van der Waals surface area contributed by atoms with E-state index in [0.717, 1.165) is 12.3 Å². The third kappa shape index (κ3) is 2.16. The lowest BCUT2D eigenvalue weighted by atomic mass is 9.98. The molecular formula is C18H20P2. The summed E-state index contributed by atoms with van der Waals surface area (Å²) in [5.74, 6) is 0. The maximum Gasteiger partial charge on any atom is -0.00967 e. The Morgan fingerprint density at radius 1 is 0.750 bits per heavy atom. The number of hydrogen-bond acceptors (Lipinski definition) is 0. The number of fused-ring (bicyclic) bond motifs is 3. The molecule has 0 aliphatic heterocycles. The van der Waals surface area contributed by atoms with Gasteiger partial charge in [-0.2, -0.15) is 0 Å². The molecule has 0 heterocycles. The van der Waals surface area contributed by atoms with Crippen LogP contribution in [0.5, 0.6) is 0 Å². The van der Waals surface area contributed by atoms with E-state index in [-0.39, 0.29) is 0 Å². The van der Waals surface area contributed by atoms with E-state index < -0.39 is 0 Å². The maximum absolute atomic E-state index is 2.82. The first kappa shape index (κ1) is 14.0. The van der Waals surface area contributed by atoms with Gasteiger partial charge in [0.15, 0.2) is 0 Å². The van der Waals surface area contributed by atoms with Crippen molar-refractivity contribution >= 4 is 24.1 Å². The molecule has 0 saturated heterocycles. The molecule has 0 N–H and O–H groups in total. The first-order valence-electron chi connectivity index (χ1n) is 7.00. The summed E-state index contributed by atoms with van der Waals surface area (Å²) in [6.45, 7) is 4.43. The summed E-state index contributed by atoms with van der Waals surface area (Å²) in [5.41, 5.74) is 11.2. The van der Waals surface area contributed by atoms with Crippen molar-refractivity contribution in [1.29, 1.82) is 0 Å². The van der Waals surface area contributed by atoms with Gasteiger partial charge in [0.25, 0.3) is 0 Å². The van der Waals surface area contributed by atoms with Crippen LogP contribution in [0.25, 0.3) is 16.7 Å². The predicted octanol–water partition coefficient (Wildman–Crippen LogP) is 5.26. The van der Waals surface area contributed by atoms with Gasteiger partial charge in [0, 0.05) is 0 Å². The Bertz CT molecular complexity index is 652. The summed E-state index contributed by atoms with van der Waals surface area (Å²) >= 11 is 0. The zero-order valence-electron chi connectivity index (χ0n) is 12.0. The number of rotatable bonds is 2. The van der Waals surface area contributed by atoms with Gasteiger partial charge in [0.1, 0.15) is 0 Å². The van der Waals surface area contributed by atoms with Crippen molar-refractivity contribution in [2.24, 2.45) is 0 Å². The monoisotopic (exact) mass is 298 g/mol. The molecule has 0 radical (unpaired) electrons. The summed E-state index contributed by atoms with van der Waals surface area (Å²) in [7, 11) is 5.63. The molecule has 1 aliphatic rings. The van der Waals surface area contributed by atoms with Crippen LogP contribution in [0.1, 0.15) is 36.1 Å². The second kappa shape index (κ2) is 5.44. The van der Waals surface area contributed by atoms with Crippen molar-refractivity contribution in [3.8, 4) is 11.1 Å². The molecule has 20 heavy (non-hydrogen) atoms. The van der Waals surface area contributed by atoms with Gasteiger partial charge in [-0.25, -0.2) is 0 Å². The van der Waals surface area contributed by atoms with Crippen LogP contribution in [0.4, 0.5) is 0 Å². The number of allylic oxidation sites excluding steroid dienone is 1. The molecule has 0 amide bonds. The molecule has 2 aromatic carbocycles. The Balaban J connectivity index is 2.31. The van der Waals surface area contributed by atoms with E-state index in [1.165, 1.54) is 44.5 Å². The highest BCUT2D eigenvalue weighted by molar-refractivity contribution is 7.15. The van der Waals surface area contributed by atoms with E-state index in [0.29, 0.717) is 0 Å². The highest BCUT2D eigenvalue weighted by Crippen LogP contribution is 2.46. The molecule has 2 atom stereocenters. The van der Waals surface area contributed by atoms with E-state index in [1.807, 2.05) is 0 Å². The van der Waals surface area contributed by atoms with Gasteiger partial charge in [-0.1, -0.05) is 42.0 Å². The Hall–Kier alpha value is -0.960. The van der Waals surface area contributed by atoms with Crippen LogP contribution in [-0.4, -0.2) is 0 Å². The SMILES string of the molecule is CC(C)=C1c2cc(CP)ccc2-c2ccc(CP)cc21. The van der Waals surface area contributed by atoms with Crippen molar-refractivity contribution in [3.63, 3.8) is 0 Å². The Labute approximate surface area is 126 Å². The lowest BCUT2D eigenvalue weighted by molar-refractivity contribution is 1.36. The van der Waals surface area contributed by atoms with Gasteiger partial charge in [0.05, 0.1) is 0 Å². The van der Waals surface area contributed by atoms with Gasteiger partial charge < -0.3 is 0 Å². The average Bonchev–Trinajstić information content (AvgIpc) is 2.79. The molecule has 3 rings (SSSR count). The minimum Gasteiger partial charge on any atom is -0.133 e. The van der Waals surface area contributed by atoms with Gasteiger partial charge in [-0.3, -0.25) is 0 Å². The quantitative estimate of drug-likeness (QED) is 0.566. The molecule has 2 aromatic rings. The highest BCUT2D eigenvalue weighted by atomic mass is 31.0. The van der Waals surface area contributed by atoms with Crippen LogP contribution >= 0.6 is 18.5 Å². The Morgan fingerprint density at radius 2 is 1.20 bits per heavy atom. The van der Waals surface area contributed by atoms with Crippen LogP contribution in [-0.2, 0) is 12.3 Å². The minimum atomic E-state index is 1.01. The number of benzene rings is 2. The van der Waals surface area contributed by atoms with Gasteiger partial charge in [-0.15, -0.1) is 18.5 Å². The third-order valence-corrected chi connectivity index (χ3v) is 4.91. The summed E-state index contributed by atoms with van der Waals surface area (Å²) in [6, 6.07) is 13.8. The highest BCUT2D eigenvalue weighted by Gasteiger charge is 2.24. The summed E-state index contributed by atoms with van der Waals surface area (Å²) in [6.07, 6.45) is 2.02. The van der Waals surface area contributed by atoms with Crippen LogP contribution in [0.15, 0.2) is 42.0 Å². The normalized spacial score (nSPS) is 12.3. The standard InChI is InChI=1S/C18H20P2/c1-11(2)18-16-7-12(9-19)3-5-14(16)15-6-4-13(10-20)8-17(15)18/h3-8H,9-10,19-20H2,1-2H3. The van der Waals surface area contributed by atoms with Crippen LogP contribution in [0, 0.1) is 0 Å². The molecular weight excluding hydrogens is 278 g/mol. The minimum absolute atomic E-state index is 1.01. The van der Waals surface area contributed by atoms with Gasteiger partial charge in [-0.05, 0) is 65.1 Å². The summed E-state index contributed by atoms with van der Waals surface area (Å²) in [5, 5.41) is 0. The second-order valence-electron chi connectivity index (χ2n) is 5.54. The van der Waals surface area contributed by atoms with Crippen molar-refractivity contribution in [2.75, 3.05) is 0 Å². The van der Waals surface area contributed by atoms with Crippen molar-refractivity contribution in [1.82, 2.24) is 0 Å². The van der Waals surface area contributed by atoms with E-state index in [9.17, 15) is 0 Å². The molecule has 1 aliphatic carbocycles. The second-order valence-corrected chi connectivity index (χ2v) is 6.36. The van der Waals surface area contributed by atoms with Crippen molar-refractivity contribution < 1.29 is 0 Å². The lowest BCUT2D eigenvalue weighted by Crippen LogP contribution is -1.87. The Kier molecular flexibility index (Phi) is 3.80. The first-order valence-corrected chi connectivity index (χ1v) is 8.63. The fourth-order valence-electron chi connectivity index (χ4n) is 3.00. The fraction of sp³-hybridized carbons (Fsp3) is 0.222. The molecule has 2 unspecified atom stereocenters. The zero-order chi connectivity index (χ0) is 14.3. The van der Waals surface area contributed by atoms with E-state index >= 15 is 0 Å². The van der Waals surface area contributed by atoms with Crippen molar-refractivity contribution in [3.05, 3.63) is 64.2 Å². The third-order valence-electron chi connectivity index (χ3n) is 3.97. The topological polar surface area (TPSA) is 0 Å². The lowest BCUT2D eigenvalue weighted by Gasteiger charge is -2.07. The van der Waals surface area contributed by atoms with Gasteiger partial charge in [0.2, 0.25) is 0 Å². The van der Waals surface area contributed by atoms with Crippen LogP contribution in [0.2, 0.25) is 0 Å². The predicted molar refractivity (Wildman–Crippen MR) is 96.1 cm³/mol. The largest absolute Gasteiger partial charge is 0.133 e.